The third-order valence-corrected chi connectivity index (χ3v) is 4.33. The number of rotatable bonds is 4. The van der Waals surface area contributed by atoms with Crippen LogP contribution in [0.25, 0.3) is 17.3 Å². The summed E-state index contributed by atoms with van der Waals surface area (Å²) in [5.41, 5.74) is 2.47. The molecule has 0 spiro atoms. The number of para-hydroxylation sites is 1. The zero-order valence-electron chi connectivity index (χ0n) is 13.5. The lowest BCUT2D eigenvalue weighted by molar-refractivity contribution is 0.266. The summed E-state index contributed by atoms with van der Waals surface area (Å²) < 4.78 is 11.4. The third kappa shape index (κ3) is 3.36. The summed E-state index contributed by atoms with van der Waals surface area (Å²) in [5.74, 6) is 2.10. The molecule has 0 saturated carbocycles. The van der Waals surface area contributed by atoms with Crippen LogP contribution >= 0.6 is 11.8 Å². The maximum atomic E-state index is 6.06. The van der Waals surface area contributed by atoms with Gasteiger partial charge >= 0.3 is 0 Å². The summed E-state index contributed by atoms with van der Waals surface area (Å²) in [4.78, 5) is 4.53. The minimum atomic E-state index is -0.399. The molecule has 6 nitrogen and oxygen atoms in total. The van der Waals surface area contributed by atoms with Gasteiger partial charge in [-0.1, -0.05) is 36.9 Å². The summed E-state index contributed by atoms with van der Waals surface area (Å²) >= 11 is 1.53. The molecular formula is C18H16N4O2S. The smallest absolute Gasteiger partial charge is 0.247 e. The first-order chi connectivity index (χ1) is 12.3. The molecule has 0 radical (unpaired) electrons. The average molecular weight is 352 g/mol. The van der Waals surface area contributed by atoms with Gasteiger partial charge in [0.05, 0.1) is 6.26 Å². The highest BCUT2D eigenvalue weighted by atomic mass is 32.2. The highest BCUT2D eigenvalue weighted by molar-refractivity contribution is 7.99. The van der Waals surface area contributed by atoms with Gasteiger partial charge in [0.25, 0.3) is 0 Å². The van der Waals surface area contributed by atoms with E-state index < -0.39 is 6.23 Å². The second-order valence-electron chi connectivity index (χ2n) is 5.28. The van der Waals surface area contributed by atoms with Crippen molar-refractivity contribution in [2.24, 2.45) is 0 Å². The Bertz CT molecular complexity index is 896. The highest BCUT2D eigenvalue weighted by Gasteiger charge is 2.23. The van der Waals surface area contributed by atoms with Gasteiger partial charge < -0.3 is 14.5 Å². The Hall–Kier alpha value is -2.80. The molecule has 0 bridgehead atoms. The van der Waals surface area contributed by atoms with Gasteiger partial charge in [-0.05, 0) is 36.1 Å². The van der Waals surface area contributed by atoms with Gasteiger partial charge in [0.1, 0.15) is 5.76 Å². The van der Waals surface area contributed by atoms with E-state index in [0.29, 0.717) is 16.7 Å². The molecule has 1 aromatic carbocycles. The van der Waals surface area contributed by atoms with Crippen molar-refractivity contribution in [2.75, 3.05) is 11.1 Å². The van der Waals surface area contributed by atoms with E-state index in [-0.39, 0.29) is 0 Å². The molecule has 1 aliphatic heterocycles. The molecular weight excluding hydrogens is 336 g/mol. The molecule has 0 unspecified atom stereocenters. The van der Waals surface area contributed by atoms with Crippen LogP contribution in [0.15, 0.2) is 58.3 Å². The Kier molecular flexibility index (Phi) is 4.39. The van der Waals surface area contributed by atoms with Gasteiger partial charge in [-0.2, -0.15) is 4.98 Å². The van der Waals surface area contributed by atoms with Crippen LogP contribution in [0, 0.1) is 0 Å². The molecule has 1 N–H and O–H groups in total. The topological polar surface area (TPSA) is 73.1 Å². The molecule has 0 saturated heterocycles. The predicted octanol–water partition coefficient (Wildman–Crippen LogP) is 4.09. The van der Waals surface area contributed by atoms with Crippen molar-refractivity contribution in [1.29, 1.82) is 0 Å². The van der Waals surface area contributed by atoms with Crippen LogP contribution in [0.4, 0.5) is 5.69 Å². The fourth-order valence-corrected chi connectivity index (χ4v) is 3.02. The van der Waals surface area contributed by atoms with Crippen molar-refractivity contribution in [2.45, 2.75) is 18.3 Å². The minimum Gasteiger partial charge on any atom is -0.465 e. The van der Waals surface area contributed by atoms with E-state index in [1.165, 1.54) is 11.8 Å². The van der Waals surface area contributed by atoms with E-state index in [2.05, 4.69) is 20.5 Å². The standard InChI is InChI=1S/C18H16N4O2S/c1-2-25-18-20-17-16(21-22-18)13-7-3-4-8-14(13)19-15(24-17)10-9-12-6-5-11-23-12/h3-11,15,19H,2H2,1H3/b10-9+/t15-/m1/s1. The molecule has 0 aliphatic carbocycles. The molecule has 1 aliphatic rings. The zero-order chi connectivity index (χ0) is 17.1. The monoisotopic (exact) mass is 352 g/mol. The lowest BCUT2D eigenvalue weighted by Crippen LogP contribution is -2.23. The first-order valence-electron chi connectivity index (χ1n) is 7.95. The van der Waals surface area contributed by atoms with Crippen LogP contribution in [-0.2, 0) is 0 Å². The maximum Gasteiger partial charge on any atom is 0.247 e. The van der Waals surface area contributed by atoms with Crippen molar-refractivity contribution in [3.63, 3.8) is 0 Å². The van der Waals surface area contributed by atoms with Gasteiger partial charge in [0.2, 0.25) is 11.0 Å². The fraction of sp³-hybridized carbons (Fsp3) is 0.167. The molecule has 0 amide bonds. The minimum absolute atomic E-state index is 0.399. The van der Waals surface area contributed by atoms with E-state index in [0.717, 1.165) is 22.8 Å². The Morgan fingerprint density at radius 3 is 2.96 bits per heavy atom. The largest absolute Gasteiger partial charge is 0.465 e. The molecule has 7 heteroatoms. The van der Waals surface area contributed by atoms with E-state index >= 15 is 0 Å². The first-order valence-corrected chi connectivity index (χ1v) is 8.94. The number of thioether (sulfide) groups is 1. The third-order valence-electron chi connectivity index (χ3n) is 3.61. The summed E-state index contributed by atoms with van der Waals surface area (Å²) in [6, 6.07) is 11.6. The van der Waals surface area contributed by atoms with Crippen molar-refractivity contribution in [3.8, 4) is 17.1 Å². The first kappa shape index (κ1) is 15.7. The summed E-state index contributed by atoms with van der Waals surface area (Å²) in [7, 11) is 0. The Balaban J connectivity index is 1.73. The number of nitrogens with one attached hydrogen (secondary N) is 1. The van der Waals surface area contributed by atoms with E-state index in [9.17, 15) is 0 Å². The van der Waals surface area contributed by atoms with Gasteiger partial charge in [-0.15, -0.1) is 10.2 Å². The van der Waals surface area contributed by atoms with Gasteiger partial charge in [-0.25, -0.2) is 0 Å². The maximum absolute atomic E-state index is 6.06. The molecule has 126 valence electrons. The number of furan rings is 1. The molecule has 25 heavy (non-hydrogen) atoms. The van der Waals surface area contributed by atoms with Crippen LogP contribution in [0.3, 0.4) is 0 Å². The Labute approximate surface area is 149 Å². The van der Waals surface area contributed by atoms with E-state index in [1.54, 1.807) is 6.26 Å². The number of anilines is 1. The van der Waals surface area contributed by atoms with Crippen LogP contribution < -0.4 is 10.1 Å². The van der Waals surface area contributed by atoms with Crippen LogP contribution in [0.1, 0.15) is 12.7 Å². The summed E-state index contributed by atoms with van der Waals surface area (Å²) in [6.07, 6.45) is 4.99. The number of hydrogen-bond acceptors (Lipinski definition) is 7. The quantitative estimate of drug-likeness (QED) is 0.709. The summed E-state index contributed by atoms with van der Waals surface area (Å²) in [5, 5.41) is 12.5. The number of nitrogens with zero attached hydrogens (tertiary/aromatic N) is 3. The Morgan fingerprint density at radius 2 is 2.12 bits per heavy atom. The van der Waals surface area contributed by atoms with E-state index in [4.69, 9.17) is 9.15 Å². The number of benzene rings is 1. The summed E-state index contributed by atoms with van der Waals surface area (Å²) in [6.45, 7) is 2.05. The lowest BCUT2D eigenvalue weighted by Gasteiger charge is -2.15. The molecule has 3 aromatic rings. The van der Waals surface area contributed by atoms with Crippen LogP contribution in [-0.4, -0.2) is 27.2 Å². The molecule has 0 fully saturated rings. The predicted molar refractivity (Wildman–Crippen MR) is 97.4 cm³/mol. The second-order valence-corrected chi connectivity index (χ2v) is 6.52. The van der Waals surface area contributed by atoms with Gasteiger partial charge in [0, 0.05) is 11.3 Å². The average Bonchev–Trinajstić information content (AvgIpc) is 3.09. The lowest BCUT2D eigenvalue weighted by atomic mass is 10.1. The molecule has 3 heterocycles. The van der Waals surface area contributed by atoms with Crippen molar-refractivity contribution in [1.82, 2.24) is 15.2 Å². The fourth-order valence-electron chi connectivity index (χ4n) is 2.51. The van der Waals surface area contributed by atoms with Gasteiger partial charge in [-0.3, -0.25) is 0 Å². The number of hydrogen-bond donors (Lipinski definition) is 1. The molecule has 2 aromatic heterocycles. The van der Waals surface area contributed by atoms with Crippen LogP contribution in [0.2, 0.25) is 0 Å². The van der Waals surface area contributed by atoms with Crippen molar-refractivity contribution < 1.29 is 9.15 Å². The SMILES string of the molecule is CCSc1nnc2c(n1)O[C@H](/C=C/c1ccco1)Nc1ccccc1-2. The zero-order valence-corrected chi connectivity index (χ0v) is 14.4. The van der Waals surface area contributed by atoms with Crippen LogP contribution in [0.5, 0.6) is 5.88 Å². The second kappa shape index (κ2) is 6.98. The number of fused-ring (bicyclic) bond motifs is 3. The highest BCUT2D eigenvalue weighted by Crippen LogP contribution is 2.36. The number of aromatic nitrogens is 3. The van der Waals surface area contributed by atoms with Crippen molar-refractivity contribution >= 4 is 23.5 Å². The Morgan fingerprint density at radius 1 is 1.20 bits per heavy atom. The normalized spacial score (nSPS) is 15.8. The van der Waals surface area contributed by atoms with Crippen molar-refractivity contribution in [3.05, 3.63) is 54.5 Å². The molecule has 1 atom stereocenters. The van der Waals surface area contributed by atoms with E-state index in [1.807, 2.05) is 55.5 Å². The molecule has 4 rings (SSSR count). The number of ether oxygens (including phenoxy) is 1. The van der Waals surface area contributed by atoms with Gasteiger partial charge in [0.15, 0.2) is 11.9 Å².